The third kappa shape index (κ3) is 2.94. The molecule has 0 saturated carbocycles. The van der Waals surface area contributed by atoms with Gasteiger partial charge in [-0.2, -0.15) is 0 Å². The van der Waals surface area contributed by atoms with Gasteiger partial charge in [0.1, 0.15) is 11.5 Å². The normalized spacial score (nSPS) is 10.3. The lowest BCUT2D eigenvalue weighted by atomic mass is 10.2. The highest BCUT2D eigenvalue weighted by Crippen LogP contribution is 2.26. The largest absolute Gasteiger partial charge is 0.495 e. The number of anilines is 1. The van der Waals surface area contributed by atoms with Gasteiger partial charge in [-0.05, 0) is 48.4 Å². The van der Waals surface area contributed by atoms with Crippen LogP contribution >= 0.6 is 11.6 Å². The number of rotatable bonds is 4. The van der Waals surface area contributed by atoms with Gasteiger partial charge in [-0.15, -0.1) is 0 Å². The fourth-order valence-corrected chi connectivity index (χ4v) is 1.74. The molecule has 0 aliphatic rings. The van der Waals surface area contributed by atoms with Crippen LogP contribution in [0.4, 0.5) is 5.69 Å². The molecule has 1 aromatic heterocycles. The van der Waals surface area contributed by atoms with Crippen molar-refractivity contribution in [2.45, 2.75) is 13.5 Å². The molecule has 0 aliphatic carbocycles. The molecule has 3 nitrogen and oxygen atoms in total. The quantitative estimate of drug-likeness (QED) is 0.896. The summed E-state index contributed by atoms with van der Waals surface area (Å²) in [7, 11) is 1.66. The number of hydrogen-bond acceptors (Lipinski definition) is 3. The minimum absolute atomic E-state index is 0.401. The van der Waals surface area contributed by atoms with E-state index in [1.54, 1.807) is 13.2 Å². The summed E-state index contributed by atoms with van der Waals surface area (Å²) in [4.78, 5) is 0. The summed E-state index contributed by atoms with van der Waals surface area (Å²) in [6.45, 7) is 2.60. The summed E-state index contributed by atoms with van der Waals surface area (Å²) in [6.07, 6.45) is 0. The van der Waals surface area contributed by atoms with E-state index in [1.165, 1.54) is 0 Å². The highest BCUT2D eigenvalue weighted by molar-refractivity contribution is 6.28. The third-order valence-corrected chi connectivity index (χ3v) is 2.64. The first kappa shape index (κ1) is 11.9. The van der Waals surface area contributed by atoms with Gasteiger partial charge in [0, 0.05) is 0 Å². The van der Waals surface area contributed by atoms with Gasteiger partial charge in [0.15, 0.2) is 5.22 Å². The molecule has 0 atom stereocenters. The van der Waals surface area contributed by atoms with Crippen molar-refractivity contribution >= 4 is 17.3 Å². The number of hydrogen-bond donors (Lipinski definition) is 1. The SMILES string of the molecule is COc1cc(C)ccc1NCc1ccc(Cl)o1. The Balaban J connectivity index is 2.08. The second-order valence-electron chi connectivity index (χ2n) is 3.76. The van der Waals surface area contributed by atoms with Crippen molar-refractivity contribution in [2.75, 3.05) is 12.4 Å². The van der Waals surface area contributed by atoms with Crippen LogP contribution in [0.1, 0.15) is 11.3 Å². The maximum absolute atomic E-state index is 5.70. The Hall–Kier alpha value is -1.61. The molecule has 2 rings (SSSR count). The first-order chi connectivity index (χ1) is 8.19. The lowest BCUT2D eigenvalue weighted by molar-refractivity contribution is 0.416. The van der Waals surface area contributed by atoms with E-state index in [4.69, 9.17) is 20.8 Å². The predicted molar refractivity (Wildman–Crippen MR) is 68.8 cm³/mol. The molecule has 0 saturated heterocycles. The number of nitrogens with one attached hydrogen (secondary N) is 1. The highest BCUT2D eigenvalue weighted by Gasteiger charge is 2.04. The van der Waals surface area contributed by atoms with Gasteiger partial charge >= 0.3 is 0 Å². The van der Waals surface area contributed by atoms with Gasteiger partial charge in [-0.3, -0.25) is 0 Å². The van der Waals surface area contributed by atoms with Gasteiger partial charge in [0.25, 0.3) is 0 Å². The van der Waals surface area contributed by atoms with Crippen LogP contribution in [-0.2, 0) is 6.54 Å². The van der Waals surface area contributed by atoms with E-state index >= 15 is 0 Å². The Morgan fingerprint density at radius 1 is 1.29 bits per heavy atom. The zero-order valence-corrected chi connectivity index (χ0v) is 10.5. The maximum atomic E-state index is 5.70. The topological polar surface area (TPSA) is 34.4 Å². The summed E-state index contributed by atoms with van der Waals surface area (Å²) in [5, 5.41) is 3.64. The van der Waals surface area contributed by atoms with Crippen molar-refractivity contribution in [3.8, 4) is 5.75 Å². The molecule has 0 amide bonds. The average molecular weight is 252 g/mol. The van der Waals surface area contributed by atoms with Crippen LogP contribution < -0.4 is 10.1 Å². The van der Waals surface area contributed by atoms with Gasteiger partial charge < -0.3 is 14.5 Å². The standard InChI is InChI=1S/C13H14ClNO2/c1-9-3-5-11(12(7-9)16-2)15-8-10-4-6-13(14)17-10/h3-7,15H,8H2,1-2H3. The molecule has 1 N–H and O–H groups in total. The second-order valence-corrected chi connectivity index (χ2v) is 4.14. The zero-order chi connectivity index (χ0) is 12.3. The Labute approximate surface area is 105 Å². The van der Waals surface area contributed by atoms with Crippen molar-refractivity contribution < 1.29 is 9.15 Å². The Morgan fingerprint density at radius 3 is 2.76 bits per heavy atom. The van der Waals surface area contributed by atoms with E-state index in [1.807, 2.05) is 31.2 Å². The monoisotopic (exact) mass is 251 g/mol. The van der Waals surface area contributed by atoms with Crippen LogP contribution in [0.15, 0.2) is 34.7 Å². The van der Waals surface area contributed by atoms with Gasteiger partial charge in [0.05, 0.1) is 19.3 Å². The molecule has 0 spiro atoms. The third-order valence-electron chi connectivity index (χ3n) is 2.44. The zero-order valence-electron chi connectivity index (χ0n) is 9.79. The molecular formula is C13H14ClNO2. The number of benzene rings is 1. The molecule has 90 valence electrons. The number of furan rings is 1. The highest BCUT2D eigenvalue weighted by atomic mass is 35.5. The molecule has 0 radical (unpaired) electrons. The van der Waals surface area contributed by atoms with Crippen LogP contribution in [0.2, 0.25) is 5.22 Å². The lowest BCUT2D eigenvalue weighted by Crippen LogP contribution is -2.00. The number of aryl methyl sites for hydroxylation is 1. The second kappa shape index (κ2) is 5.15. The smallest absolute Gasteiger partial charge is 0.193 e. The number of ether oxygens (including phenoxy) is 1. The minimum Gasteiger partial charge on any atom is -0.495 e. The van der Waals surface area contributed by atoms with Gasteiger partial charge in [0.2, 0.25) is 0 Å². The van der Waals surface area contributed by atoms with Crippen molar-refractivity contribution in [3.05, 3.63) is 46.9 Å². The van der Waals surface area contributed by atoms with Crippen molar-refractivity contribution in [3.63, 3.8) is 0 Å². The molecule has 17 heavy (non-hydrogen) atoms. The first-order valence-electron chi connectivity index (χ1n) is 5.32. The molecule has 4 heteroatoms. The van der Waals surface area contributed by atoms with Crippen molar-refractivity contribution in [2.24, 2.45) is 0 Å². The summed E-state index contributed by atoms with van der Waals surface area (Å²) in [6, 6.07) is 9.57. The molecule has 1 heterocycles. The van der Waals surface area contributed by atoms with Gasteiger partial charge in [-0.1, -0.05) is 6.07 Å². The average Bonchev–Trinajstić information content (AvgIpc) is 2.73. The number of methoxy groups -OCH3 is 1. The van der Waals surface area contributed by atoms with Crippen LogP contribution in [0.3, 0.4) is 0 Å². The molecule has 0 unspecified atom stereocenters. The van der Waals surface area contributed by atoms with Crippen LogP contribution in [0.25, 0.3) is 0 Å². The fourth-order valence-electron chi connectivity index (χ4n) is 1.57. The Kier molecular flexibility index (Phi) is 3.59. The maximum Gasteiger partial charge on any atom is 0.193 e. The van der Waals surface area contributed by atoms with E-state index in [0.717, 1.165) is 22.8 Å². The van der Waals surface area contributed by atoms with Crippen molar-refractivity contribution in [1.82, 2.24) is 0 Å². The molecule has 0 bridgehead atoms. The molecule has 1 aromatic carbocycles. The van der Waals surface area contributed by atoms with E-state index < -0.39 is 0 Å². The predicted octanol–water partition coefficient (Wildman–Crippen LogP) is 3.86. The van der Waals surface area contributed by atoms with E-state index in [2.05, 4.69) is 5.32 Å². The summed E-state index contributed by atoms with van der Waals surface area (Å²) in [5.74, 6) is 1.61. The van der Waals surface area contributed by atoms with Gasteiger partial charge in [-0.25, -0.2) is 0 Å². The Morgan fingerprint density at radius 2 is 2.12 bits per heavy atom. The minimum atomic E-state index is 0.401. The van der Waals surface area contributed by atoms with Crippen molar-refractivity contribution in [1.29, 1.82) is 0 Å². The van der Waals surface area contributed by atoms with E-state index in [9.17, 15) is 0 Å². The van der Waals surface area contributed by atoms with Crippen LogP contribution in [-0.4, -0.2) is 7.11 Å². The molecule has 0 aliphatic heterocycles. The van der Waals surface area contributed by atoms with Crippen LogP contribution in [0, 0.1) is 6.92 Å². The summed E-state index contributed by atoms with van der Waals surface area (Å²) < 4.78 is 10.6. The Bertz CT molecular complexity index is 508. The molecule has 2 aromatic rings. The first-order valence-corrected chi connectivity index (χ1v) is 5.69. The molecular weight excluding hydrogens is 238 g/mol. The van der Waals surface area contributed by atoms with E-state index in [0.29, 0.717) is 11.8 Å². The lowest BCUT2D eigenvalue weighted by Gasteiger charge is -2.10. The fraction of sp³-hybridized carbons (Fsp3) is 0.231. The summed E-state index contributed by atoms with van der Waals surface area (Å²) >= 11 is 5.70. The van der Waals surface area contributed by atoms with Crippen LogP contribution in [0.5, 0.6) is 5.75 Å². The molecule has 0 fully saturated rings. The summed E-state index contributed by atoms with van der Waals surface area (Å²) in [5.41, 5.74) is 2.10. The number of halogens is 1. The van der Waals surface area contributed by atoms with E-state index in [-0.39, 0.29) is 0 Å².